The molecule has 112 valence electrons. The van der Waals surface area contributed by atoms with Crippen LogP contribution >= 0.6 is 23.2 Å². The van der Waals surface area contributed by atoms with Gasteiger partial charge in [0, 0.05) is 18.6 Å². The molecular weight excluding hydrogens is 291 g/mol. The van der Waals surface area contributed by atoms with Gasteiger partial charge in [-0.25, -0.2) is 0 Å². The van der Waals surface area contributed by atoms with E-state index in [2.05, 4.69) is 17.9 Å². The molecule has 0 amide bonds. The summed E-state index contributed by atoms with van der Waals surface area (Å²) in [6, 6.07) is 7.01. The Labute approximate surface area is 132 Å². The normalized spacial score (nSPS) is 23.2. The highest BCUT2D eigenvalue weighted by atomic mass is 35.5. The molecule has 1 saturated carbocycles. The van der Waals surface area contributed by atoms with Crippen LogP contribution < -0.4 is 5.73 Å². The molecule has 2 rings (SSSR count). The summed E-state index contributed by atoms with van der Waals surface area (Å²) in [5, 5.41) is 1.27. The molecule has 0 saturated heterocycles. The second-order valence-electron chi connectivity index (χ2n) is 5.79. The maximum Gasteiger partial charge on any atom is 0.0595 e. The van der Waals surface area contributed by atoms with Crippen molar-refractivity contribution in [3.05, 3.63) is 33.8 Å². The van der Waals surface area contributed by atoms with Crippen LogP contribution in [-0.2, 0) is 6.54 Å². The van der Waals surface area contributed by atoms with Gasteiger partial charge in [-0.05, 0) is 56.3 Å². The van der Waals surface area contributed by atoms with E-state index in [1.807, 2.05) is 12.1 Å². The van der Waals surface area contributed by atoms with E-state index in [0.717, 1.165) is 25.9 Å². The fourth-order valence-corrected chi connectivity index (χ4v) is 3.34. The van der Waals surface area contributed by atoms with E-state index in [1.165, 1.54) is 24.8 Å². The predicted molar refractivity (Wildman–Crippen MR) is 87.4 cm³/mol. The van der Waals surface area contributed by atoms with Gasteiger partial charge < -0.3 is 5.73 Å². The van der Waals surface area contributed by atoms with Crippen LogP contribution in [0.2, 0.25) is 10.0 Å². The fraction of sp³-hybridized carbons (Fsp3) is 0.625. The third-order valence-corrected chi connectivity index (χ3v) is 4.88. The first-order chi connectivity index (χ1) is 9.60. The van der Waals surface area contributed by atoms with Gasteiger partial charge in [-0.2, -0.15) is 0 Å². The average molecular weight is 315 g/mol. The van der Waals surface area contributed by atoms with Gasteiger partial charge in [0.1, 0.15) is 0 Å². The van der Waals surface area contributed by atoms with Crippen LogP contribution in [0.25, 0.3) is 0 Å². The second kappa shape index (κ2) is 7.65. The van der Waals surface area contributed by atoms with E-state index in [1.54, 1.807) is 0 Å². The number of nitrogens with zero attached hydrogens (tertiary/aromatic N) is 1. The highest BCUT2D eigenvalue weighted by molar-refractivity contribution is 6.42. The fourth-order valence-electron chi connectivity index (χ4n) is 3.02. The number of nitrogens with two attached hydrogens (primary N) is 1. The SMILES string of the molecule is CCCN(Cc1ccc(Cl)c(Cl)c1)C1CCC(N)CC1. The number of benzene rings is 1. The molecule has 2 nitrogen and oxygen atoms in total. The summed E-state index contributed by atoms with van der Waals surface area (Å²) in [7, 11) is 0. The highest BCUT2D eigenvalue weighted by Crippen LogP contribution is 2.26. The van der Waals surface area contributed by atoms with Gasteiger partial charge >= 0.3 is 0 Å². The van der Waals surface area contributed by atoms with Crippen LogP contribution in [0, 0.1) is 0 Å². The molecule has 0 radical (unpaired) electrons. The summed E-state index contributed by atoms with van der Waals surface area (Å²) in [6.07, 6.45) is 5.88. The van der Waals surface area contributed by atoms with Crippen LogP contribution in [0.5, 0.6) is 0 Å². The second-order valence-corrected chi connectivity index (χ2v) is 6.60. The molecule has 1 fully saturated rings. The molecule has 20 heavy (non-hydrogen) atoms. The van der Waals surface area contributed by atoms with Gasteiger partial charge in [0.05, 0.1) is 10.0 Å². The molecule has 0 aliphatic heterocycles. The monoisotopic (exact) mass is 314 g/mol. The van der Waals surface area contributed by atoms with E-state index >= 15 is 0 Å². The number of rotatable bonds is 5. The van der Waals surface area contributed by atoms with Crippen molar-refractivity contribution < 1.29 is 0 Å². The summed E-state index contributed by atoms with van der Waals surface area (Å²) >= 11 is 12.1. The highest BCUT2D eigenvalue weighted by Gasteiger charge is 2.23. The van der Waals surface area contributed by atoms with E-state index in [-0.39, 0.29) is 0 Å². The minimum absolute atomic E-state index is 0.403. The molecule has 1 aliphatic carbocycles. The van der Waals surface area contributed by atoms with E-state index in [9.17, 15) is 0 Å². The van der Waals surface area contributed by atoms with Crippen LogP contribution in [0.3, 0.4) is 0 Å². The van der Waals surface area contributed by atoms with Crippen molar-refractivity contribution in [2.45, 2.75) is 57.7 Å². The zero-order valence-electron chi connectivity index (χ0n) is 12.1. The Morgan fingerprint density at radius 1 is 1.15 bits per heavy atom. The van der Waals surface area contributed by atoms with E-state index in [0.29, 0.717) is 22.1 Å². The molecule has 0 heterocycles. The molecule has 4 heteroatoms. The Kier molecular flexibility index (Phi) is 6.16. The quantitative estimate of drug-likeness (QED) is 0.868. The van der Waals surface area contributed by atoms with Gasteiger partial charge in [-0.1, -0.05) is 36.2 Å². The Bertz CT molecular complexity index is 428. The largest absolute Gasteiger partial charge is 0.328 e. The molecule has 1 aromatic carbocycles. The molecule has 0 spiro atoms. The number of halogens is 2. The van der Waals surface area contributed by atoms with Crippen LogP contribution in [0.1, 0.15) is 44.6 Å². The first kappa shape index (κ1) is 16.1. The van der Waals surface area contributed by atoms with Crippen molar-refractivity contribution in [3.8, 4) is 0 Å². The smallest absolute Gasteiger partial charge is 0.0595 e. The predicted octanol–water partition coefficient (Wildman–Crippen LogP) is 4.48. The molecule has 2 N–H and O–H groups in total. The van der Waals surface area contributed by atoms with Crippen molar-refractivity contribution in [3.63, 3.8) is 0 Å². The van der Waals surface area contributed by atoms with Crippen LogP contribution in [0.4, 0.5) is 0 Å². The standard InChI is InChI=1S/C16H24Cl2N2/c1-2-9-20(14-6-4-13(19)5-7-14)11-12-3-8-15(17)16(18)10-12/h3,8,10,13-14H,2,4-7,9,11,19H2,1H3. The average Bonchev–Trinajstić information content (AvgIpc) is 2.43. The Balaban J connectivity index is 2.02. The van der Waals surface area contributed by atoms with Crippen molar-refractivity contribution >= 4 is 23.2 Å². The molecule has 1 aromatic rings. The molecule has 0 bridgehead atoms. The zero-order chi connectivity index (χ0) is 14.5. The Hall–Kier alpha value is -0.280. The maximum atomic E-state index is 6.11. The minimum atomic E-state index is 0.403. The summed E-state index contributed by atoms with van der Waals surface area (Å²) in [4.78, 5) is 2.57. The number of hydrogen-bond acceptors (Lipinski definition) is 2. The summed E-state index contributed by atoms with van der Waals surface area (Å²) < 4.78 is 0. The number of hydrogen-bond donors (Lipinski definition) is 1. The lowest BCUT2D eigenvalue weighted by molar-refractivity contribution is 0.142. The topological polar surface area (TPSA) is 29.3 Å². The molecular formula is C16H24Cl2N2. The van der Waals surface area contributed by atoms with Gasteiger partial charge in [-0.15, -0.1) is 0 Å². The van der Waals surface area contributed by atoms with Gasteiger partial charge in [-0.3, -0.25) is 4.90 Å². The van der Waals surface area contributed by atoms with E-state index in [4.69, 9.17) is 28.9 Å². The Morgan fingerprint density at radius 3 is 2.45 bits per heavy atom. The zero-order valence-corrected chi connectivity index (χ0v) is 13.6. The van der Waals surface area contributed by atoms with Crippen molar-refractivity contribution in [2.24, 2.45) is 5.73 Å². The lowest BCUT2D eigenvalue weighted by Crippen LogP contribution is -2.40. The molecule has 1 aliphatic rings. The van der Waals surface area contributed by atoms with Crippen molar-refractivity contribution in [1.29, 1.82) is 0 Å². The molecule has 0 aromatic heterocycles. The lowest BCUT2D eigenvalue weighted by atomic mass is 9.90. The van der Waals surface area contributed by atoms with Gasteiger partial charge in [0.15, 0.2) is 0 Å². The Morgan fingerprint density at radius 2 is 1.85 bits per heavy atom. The summed E-state index contributed by atoms with van der Waals surface area (Å²) in [6.45, 7) is 4.31. The third-order valence-electron chi connectivity index (χ3n) is 4.14. The molecule has 0 atom stereocenters. The summed E-state index contributed by atoms with van der Waals surface area (Å²) in [5.74, 6) is 0. The van der Waals surface area contributed by atoms with Crippen molar-refractivity contribution in [2.75, 3.05) is 6.54 Å². The van der Waals surface area contributed by atoms with Crippen molar-refractivity contribution in [1.82, 2.24) is 4.90 Å². The third kappa shape index (κ3) is 4.36. The van der Waals surface area contributed by atoms with Gasteiger partial charge in [0.25, 0.3) is 0 Å². The van der Waals surface area contributed by atoms with Crippen LogP contribution in [0.15, 0.2) is 18.2 Å². The molecule has 0 unspecified atom stereocenters. The first-order valence-electron chi connectivity index (χ1n) is 7.53. The minimum Gasteiger partial charge on any atom is -0.328 e. The van der Waals surface area contributed by atoms with Crippen LogP contribution in [-0.4, -0.2) is 23.5 Å². The maximum absolute atomic E-state index is 6.11. The first-order valence-corrected chi connectivity index (χ1v) is 8.29. The van der Waals surface area contributed by atoms with E-state index < -0.39 is 0 Å². The van der Waals surface area contributed by atoms with Gasteiger partial charge in [0.2, 0.25) is 0 Å². The summed E-state index contributed by atoms with van der Waals surface area (Å²) in [5.41, 5.74) is 7.25. The lowest BCUT2D eigenvalue weighted by Gasteiger charge is -2.36.